The molecule has 0 heterocycles. The third kappa shape index (κ3) is 30.5. The van der Waals surface area contributed by atoms with Crippen LogP contribution in [0.25, 0.3) is 0 Å². The van der Waals surface area contributed by atoms with Crippen molar-refractivity contribution in [1.82, 2.24) is 0 Å². The molecule has 0 fully saturated rings. The fraction of sp³-hybridized carbons (Fsp3) is 0.774. The Balaban J connectivity index is 1.63. The molecule has 0 spiro atoms. The Morgan fingerprint density at radius 2 is 0.696 bits per heavy atom. The Morgan fingerprint density at radius 3 is 0.978 bits per heavy atom. The van der Waals surface area contributed by atoms with E-state index < -0.39 is 5.97 Å². The summed E-state index contributed by atoms with van der Waals surface area (Å²) in [5, 5.41) is 0. The van der Waals surface area contributed by atoms with Crippen LogP contribution in [0.15, 0.2) is 24.3 Å². The first-order valence-electron chi connectivity index (χ1n) is 15.6. The Kier molecular flexibility index (Phi) is 31.1. The average molecular weight is 666 g/mol. The van der Waals surface area contributed by atoms with Gasteiger partial charge >= 0.3 is 5.97 Å². The molecular formula is C31H55NO14. The molecule has 0 atom stereocenters. The highest BCUT2D eigenvalue weighted by molar-refractivity contribution is 5.70. The summed E-state index contributed by atoms with van der Waals surface area (Å²) in [5.74, 6) is 0.359. The molecule has 1 aromatic carbocycles. The Labute approximate surface area is 273 Å². The minimum Gasteiger partial charge on any atom is -0.491 e. The molecule has 2 N–H and O–H groups in total. The molecule has 1 aromatic rings. The quantitative estimate of drug-likeness (QED) is 0.0613. The second kappa shape index (κ2) is 34.2. The molecular weight excluding hydrogens is 610 g/mol. The van der Waals surface area contributed by atoms with E-state index in [4.69, 9.17) is 62.6 Å². The molecule has 0 saturated heterocycles. The van der Waals surface area contributed by atoms with E-state index in [-0.39, 0.29) is 6.61 Å². The maximum atomic E-state index is 10.9. The summed E-state index contributed by atoms with van der Waals surface area (Å²) >= 11 is 0. The molecule has 0 aliphatic rings. The van der Waals surface area contributed by atoms with E-state index >= 15 is 0 Å². The molecule has 0 radical (unpaired) electrons. The fourth-order valence-electron chi connectivity index (χ4n) is 3.20. The molecule has 15 nitrogen and oxygen atoms in total. The van der Waals surface area contributed by atoms with Crippen molar-refractivity contribution in [2.75, 3.05) is 165 Å². The van der Waals surface area contributed by atoms with Gasteiger partial charge in [-0.15, -0.1) is 0 Å². The summed E-state index contributed by atoms with van der Waals surface area (Å²) in [4.78, 5) is 10.9. The van der Waals surface area contributed by atoms with Crippen molar-refractivity contribution in [2.45, 2.75) is 0 Å². The molecule has 15 heteroatoms. The van der Waals surface area contributed by atoms with Crippen LogP contribution in [0.4, 0.5) is 5.69 Å². The zero-order chi connectivity index (χ0) is 33.0. The van der Waals surface area contributed by atoms with Gasteiger partial charge in [0.05, 0.1) is 146 Å². The van der Waals surface area contributed by atoms with Crippen LogP contribution >= 0.6 is 0 Å². The van der Waals surface area contributed by atoms with Gasteiger partial charge in [0.25, 0.3) is 0 Å². The van der Waals surface area contributed by atoms with Crippen molar-refractivity contribution in [3.63, 3.8) is 0 Å². The summed E-state index contributed by atoms with van der Waals surface area (Å²) in [5.41, 5.74) is 6.34. The minimum atomic E-state index is -0.409. The van der Waals surface area contributed by atoms with Crippen molar-refractivity contribution < 1.29 is 66.4 Å². The molecule has 268 valence electrons. The third-order valence-electron chi connectivity index (χ3n) is 5.54. The van der Waals surface area contributed by atoms with Crippen LogP contribution < -0.4 is 10.5 Å². The molecule has 0 aliphatic heterocycles. The van der Waals surface area contributed by atoms with E-state index in [0.29, 0.717) is 151 Å². The standard InChI is InChI=1S/C31H55NO14/c1-34-31(33)28-45-25-24-43-21-20-41-17-16-39-13-12-37-9-8-35-6-7-36-10-11-38-14-15-40-18-19-42-22-23-44-26-27-46-30-4-2-29(32)3-5-30/h2-5H,6-28,32H2,1H3. The van der Waals surface area contributed by atoms with Gasteiger partial charge in [-0.25, -0.2) is 4.79 Å². The number of carbonyl (C=O) groups is 1. The van der Waals surface area contributed by atoms with Gasteiger partial charge in [-0.05, 0) is 24.3 Å². The summed E-state index contributed by atoms with van der Waals surface area (Å²) in [7, 11) is 1.31. The van der Waals surface area contributed by atoms with Gasteiger partial charge in [0.2, 0.25) is 0 Å². The lowest BCUT2D eigenvalue weighted by atomic mass is 10.3. The maximum Gasteiger partial charge on any atom is 0.331 e. The van der Waals surface area contributed by atoms with E-state index in [9.17, 15) is 4.79 Å². The van der Waals surface area contributed by atoms with Gasteiger partial charge in [0.15, 0.2) is 0 Å². The zero-order valence-electron chi connectivity index (χ0n) is 27.4. The van der Waals surface area contributed by atoms with Crippen LogP contribution in [-0.2, 0) is 61.6 Å². The lowest BCUT2D eigenvalue weighted by Gasteiger charge is -2.09. The van der Waals surface area contributed by atoms with Gasteiger partial charge in [-0.2, -0.15) is 0 Å². The largest absolute Gasteiger partial charge is 0.491 e. The number of ether oxygens (including phenoxy) is 13. The predicted octanol–water partition coefficient (Wildman–Crippen LogP) is 1.00. The first kappa shape index (κ1) is 41.9. The van der Waals surface area contributed by atoms with E-state index in [1.807, 2.05) is 12.1 Å². The highest BCUT2D eigenvalue weighted by Crippen LogP contribution is 2.12. The Hall–Kier alpha value is -2.15. The van der Waals surface area contributed by atoms with Crippen LogP contribution in [0.2, 0.25) is 0 Å². The van der Waals surface area contributed by atoms with Gasteiger partial charge in [-0.3, -0.25) is 0 Å². The number of esters is 1. The summed E-state index contributed by atoms with van der Waals surface area (Å²) in [6, 6.07) is 7.25. The van der Waals surface area contributed by atoms with Gasteiger partial charge in [0, 0.05) is 5.69 Å². The van der Waals surface area contributed by atoms with Crippen molar-refractivity contribution in [3.05, 3.63) is 24.3 Å². The van der Waals surface area contributed by atoms with Crippen molar-refractivity contribution >= 4 is 11.7 Å². The normalized spacial score (nSPS) is 11.2. The smallest absolute Gasteiger partial charge is 0.331 e. The van der Waals surface area contributed by atoms with Gasteiger partial charge < -0.3 is 67.3 Å². The molecule has 0 aliphatic carbocycles. The van der Waals surface area contributed by atoms with E-state index in [0.717, 1.165) is 5.75 Å². The minimum absolute atomic E-state index is 0.0721. The zero-order valence-corrected chi connectivity index (χ0v) is 27.4. The number of carbonyl (C=O) groups excluding carboxylic acids is 1. The van der Waals surface area contributed by atoms with E-state index in [1.165, 1.54) is 7.11 Å². The Bertz CT molecular complexity index is 774. The highest BCUT2D eigenvalue weighted by atomic mass is 16.6. The second-order valence-corrected chi connectivity index (χ2v) is 9.17. The molecule has 46 heavy (non-hydrogen) atoms. The van der Waals surface area contributed by atoms with Crippen molar-refractivity contribution in [2.24, 2.45) is 0 Å². The lowest BCUT2D eigenvalue weighted by Crippen LogP contribution is -2.16. The summed E-state index contributed by atoms with van der Waals surface area (Å²) in [6.07, 6.45) is 0. The number of hydrogen-bond acceptors (Lipinski definition) is 15. The highest BCUT2D eigenvalue weighted by Gasteiger charge is 2.00. The topological polar surface area (TPSA) is 163 Å². The molecule has 1 rings (SSSR count). The lowest BCUT2D eigenvalue weighted by molar-refractivity contribution is -0.146. The van der Waals surface area contributed by atoms with Crippen LogP contribution in [0.3, 0.4) is 0 Å². The van der Waals surface area contributed by atoms with Crippen LogP contribution in [0, 0.1) is 0 Å². The second-order valence-electron chi connectivity index (χ2n) is 9.17. The summed E-state index contributed by atoms with van der Waals surface area (Å²) < 4.78 is 69.5. The fourth-order valence-corrected chi connectivity index (χ4v) is 3.20. The molecule has 0 saturated carbocycles. The van der Waals surface area contributed by atoms with Crippen LogP contribution in [0.1, 0.15) is 0 Å². The third-order valence-corrected chi connectivity index (χ3v) is 5.54. The Morgan fingerprint density at radius 1 is 0.435 bits per heavy atom. The first-order chi connectivity index (χ1) is 22.7. The summed E-state index contributed by atoms with van der Waals surface area (Å²) in [6.45, 7) is 10.4. The maximum absolute atomic E-state index is 10.9. The van der Waals surface area contributed by atoms with Crippen LogP contribution in [0.5, 0.6) is 5.75 Å². The predicted molar refractivity (Wildman–Crippen MR) is 167 cm³/mol. The average Bonchev–Trinajstić information content (AvgIpc) is 3.07. The number of hydrogen-bond donors (Lipinski definition) is 1. The number of rotatable bonds is 36. The number of nitrogen functional groups attached to an aromatic ring is 1. The molecule has 0 unspecified atom stereocenters. The van der Waals surface area contributed by atoms with E-state index in [2.05, 4.69) is 4.74 Å². The van der Waals surface area contributed by atoms with Gasteiger partial charge in [0.1, 0.15) is 19.0 Å². The number of methoxy groups -OCH3 is 1. The number of anilines is 1. The van der Waals surface area contributed by atoms with Crippen molar-refractivity contribution in [3.8, 4) is 5.75 Å². The number of benzene rings is 1. The van der Waals surface area contributed by atoms with E-state index in [1.54, 1.807) is 12.1 Å². The SMILES string of the molecule is COC(=O)COCCOCCOCCOCCOCCOCCOCCOCCOCCOCCOCCOc1ccc(N)cc1. The monoisotopic (exact) mass is 665 g/mol. The van der Waals surface area contributed by atoms with Gasteiger partial charge in [-0.1, -0.05) is 0 Å². The van der Waals surface area contributed by atoms with Crippen LogP contribution in [-0.4, -0.2) is 165 Å². The first-order valence-corrected chi connectivity index (χ1v) is 15.6. The molecule has 0 amide bonds. The molecule has 0 bridgehead atoms. The number of nitrogens with two attached hydrogens (primary N) is 1. The van der Waals surface area contributed by atoms with Crippen molar-refractivity contribution in [1.29, 1.82) is 0 Å². The molecule has 0 aromatic heterocycles.